The summed E-state index contributed by atoms with van der Waals surface area (Å²) >= 11 is 0. The lowest BCUT2D eigenvalue weighted by Gasteiger charge is -2.31. The van der Waals surface area contributed by atoms with Crippen LogP contribution in [0.3, 0.4) is 0 Å². The lowest BCUT2D eigenvalue weighted by Crippen LogP contribution is -2.45. The maximum atomic E-state index is 12.3. The summed E-state index contributed by atoms with van der Waals surface area (Å²) in [6, 6.07) is 4.45. The van der Waals surface area contributed by atoms with Crippen LogP contribution in [0.2, 0.25) is 0 Å². The van der Waals surface area contributed by atoms with Crippen molar-refractivity contribution in [2.24, 2.45) is 0 Å². The third kappa shape index (κ3) is 2.32. The average Bonchev–Trinajstić information content (AvgIpc) is 3.20. The van der Waals surface area contributed by atoms with Gasteiger partial charge in [0.2, 0.25) is 0 Å². The van der Waals surface area contributed by atoms with Crippen LogP contribution in [0.5, 0.6) is 5.75 Å². The number of hydrogen-bond acceptors (Lipinski definition) is 4. The summed E-state index contributed by atoms with van der Waals surface area (Å²) < 4.78 is 33.7. The molecule has 108 valence electrons. The lowest BCUT2D eigenvalue weighted by molar-refractivity contribution is 0.0692. The topological polar surface area (TPSA) is 95.9 Å². The summed E-state index contributed by atoms with van der Waals surface area (Å²) in [6.45, 7) is 0.293. The number of ether oxygens (including phenoxy) is 1. The Bertz CT molecular complexity index is 654. The number of hydrogen-bond donors (Lipinski definition) is 2. The molecule has 1 heterocycles. The van der Waals surface area contributed by atoms with Crippen molar-refractivity contribution in [3.8, 4) is 5.75 Å². The van der Waals surface area contributed by atoms with Crippen LogP contribution in [-0.2, 0) is 10.2 Å². The molecule has 1 saturated carbocycles. The predicted molar refractivity (Wildman–Crippen MR) is 71.3 cm³/mol. The van der Waals surface area contributed by atoms with Gasteiger partial charge in [-0.1, -0.05) is 6.07 Å². The van der Waals surface area contributed by atoms with E-state index in [1.54, 1.807) is 6.07 Å². The van der Waals surface area contributed by atoms with Crippen LogP contribution < -0.4 is 13.8 Å². The number of aromatic carboxylic acids is 1. The molecular formula is C12H14N2O5S. The molecular weight excluding hydrogens is 284 g/mol. The van der Waals surface area contributed by atoms with Crippen molar-refractivity contribution in [1.29, 1.82) is 0 Å². The molecule has 0 unspecified atom stereocenters. The molecule has 0 spiro atoms. The van der Waals surface area contributed by atoms with Gasteiger partial charge >= 0.3 is 16.2 Å². The molecule has 0 saturated heterocycles. The second-order valence-electron chi connectivity index (χ2n) is 4.78. The van der Waals surface area contributed by atoms with Crippen LogP contribution in [0.25, 0.3) is 0 Å². The molecule has 0 bridgehead atoms. The molecule has 1 aromatic rings. The number of carbonyl (C=O) groups is 1. The lowest BCUT2D eigenvalue weighted by atomic mass is 10.1. The number of anilines is 1. The molecule has 8 heteroatoms. The third-order valence-corrected chi connectivity index (χ3v) is 4.81. The highest BCUT2D eigenvalue weighted by Gasteiger charge is 2.35. The Morgan fingerprint density at radius 3 is 2.80 bits per heavy atom. The molecule has 2 N–H and O–H groups in total. The van der Waals surface area contributed by atoms with Crippen molar-refractivity contribution >= 4 is 21.9 Å². The minimum atomic E-state index is -3.67. The van der Waals surface area contributed by atoms with Crippen LogP contribution in [0, 0.1) is 0 Å². The highest BCUT2D eigenvalue weighted by atomic mass is 32.2. The van der Waals surface area contributed by atoms with E-state index < -0.39 is 16.2 Å². The fraction of sp³-hybridized carbons (Fsp3) is 0.417. The third-order valence-electron chi connectivity index (χ3n) is 3.22. The van der Waals surface area contributed by atoms with Gasteiger partial charge in [-0.3, -0.25) is 4.31 Å². The molecule has 0 radical (unpaired) electrons. The molecule has 1 fully saturated rings. The number of benzene rings is 1. The smallest absolute Gasteiger partial charge is 0.339 e. The zero-order chi connectivity index (χ0) is 14.3. The molecule has 0 aromatic heterocycles. The van der Waals surface area contributed by atoms with Crippen LogP contribution in [-0.4, -0.2) is 38.7 Å². The SMILES string of the molecule is O=C(O)c1cccc2c1OCCN2S(=O)(=O)NC1CC1. The molecule has 1 aromatic carbocycles. The number of carboxylic acid groups (broad SMARTS) is 1. The molecule has 3 rings (SSSR count). The standard InChI is InChI=1S/C12H14N2O5S/c15-12(16)9-2-1-3-10-11(9)19-7-6-14(10)20(17,18)13-8-4-5-8/h1-3,8,13H,4-7H2,(H,15,16). The molecule has 1 aliphatic carbocycles. The van der Waals surface area contributed by atoms with Gasteiger partial charge in [-0.25, -0.2) is 4.79 Å². The Kier molecular flexibility index (Phi) is 3.06. The summed E-state index contributed by atoms with van der Waals surface area (Å²) in [4.78, 5) is 11.2. The van der Waals surface area contributed by atoms with Gasteiger partial charge in [0.05, 0.1) is 12.2 Å². The quantitative estimate of drug-likeness (QED) is 0.847. The fourth-order valence-electron chi connectivity index (χ4n) is 2.12. The van der Waals surface area contributed by atoms with Crippen molar-refractivity contribution in [2.45, 2.75) is 18.9 Å². The Morgan fingerprint density at radius 1 is 1.40 bits per heavy atom. The number of nitrogens with zero attached hydrogens (tertiary/aromatic N) is 1. The number of carboxylic acids is 1. The first kappa shape index (κ1) is 13.2. The first-order valence-corrected chi connectivity index (χ1v) is 7.72. The van der Waals surface area contributed by atoms with E-state index in [4.69, 9.17) is 9.84 Å². The van der Waals surface area contributed by atoms with Crippen molar-refractivity contribution < 1.29 is 23.1 Å². The van der Waals surface area contributed by atoms with E-state index >= 15 is 0 Å². The van der Waals surface area contributed by atoms with E-state index in [2.05, 4.69) is 4.72 Å². The largest absolute Gasteiger partial charge is 0.489 e. The molecule has 7 nitrogen and oxygen atoms in total. The summed E-state index contributed by atoms with van der Waals surface area (Å²) in [5.41, 5.74) is 0.234. The predicted octanol–water partition coefficient (Wildman–Crippen LogP) is 0.580. The van der Waals surface area contributed by atoms with Crippen molar-refractivity contribution in [3.05, 3.63) is 23.8 Å². The molecule has 0 amide bonds. The van der Waals surface area contributed by atoms with Gasteiger partial charge in [-0.15, -0.1) is 0 Å². The summed E-state index contributed by atoms with van der Waals surface area (Å²) in [5.74, 6) is -1.04. The zero-order valence-electron chi connectivity index (χ0n) is 10.6. The molecule has 0 atom stereocenters. The minimum Gasteiger partial charge on any atom is -0.489 e. The van der Waals surface area contributed by atoms with E-state index in [9.17, 15) is 13.2 Å². The van der Waals surface area contributed by atoms with Crippen molar-refractivity contribution in [2.75, 3.05) is 17.5 Å². The van der Waals surface area contributed by atoms with Crippen LogP contribution in [0.4, 0.5) is 5.69 Å². The molecule has 2 aliphatic rings. The molecule has 1 aliphatic heterocycles. The van der Waals surface area contributed by atoms with Crippen LogP contribution >= 0.6 is 0 Å². The number of para-hydroxylation sites is 1. The normalized spacial score (nSPS) is 18.3. The van der Waals surface area contributed by atoms with E-state index in [-0.39, 0.29) is 36.2 Å². The number of nitrogens with one attached hydrogen (secondary N) is 1. The van der Waals surface area contributed by atoms with Crippen molar-refractivity contribution in [1.82, 2.24) is 4.72 Å². The second-order valence-corrected chi connectivity index (χ2v) is 6.40. The Morgan fingerprint density at radius 2 is 2.15 bits per heavy atom. The van der Waals surface area contributed by atoms with Gasteiger partial charge < -0.3 is 9.84 Å². The molecule has 20 heavy (non-hydrogen) atoms. The first-order chi connectivity index (χ1) is 9.49. The number of rotatable bonds is 4. The Balaban J connectivity index is 2.01. The van der Waals surface area contributed by atoms with Gasteiger partial charge in [0, 0.05) is 6.04 Å². The monoisotopic (exact) mass is 298 g/mol. The fourth-order valence-corrected chi connectivity index (χ4v) is 3.62. The van der Waals surface area contributed by atoms with E-state index in [0.29, 0.717) is 0 Å². The Hall–Kier alpha value is -1.80. The highest BCUT2D eigenvalue weighted by Crippen LogP contribution is 2.36. The second kappa shape index (κ2) is 4.64. The van der Waals surface area contributed by atoms with Gasteiger partial charge in [0.15, 0.2) is 5.75 Å². The summed E-state index contributed by atoms with van der Waals surface area (Å²) in [6.07, 6.45) is 1.68. The highest BCUT2D eigenvalue weighted by molar-refractivity contribution is 7.90. The maximum absolute atomic E-state index is 12.3. The van der Waals surface area contributed by atoms with Gasteiger partial charge in [-0.05, 0) is 25.0 Å². The number of fused-ring (bicyclic) bond motifs is 1. The van der Waals surface area contributed by atoms with E-state index in [1.165, 1.54) is 16.4 Å². The van der Waals surface area contributed by atoms with E-state index in [0.717, 1.165) is 12.8 Å². The van der Waals surface area contributed by atoms with Crippen LogP contribution in [0.15, 0.2) is 18.2 Å². The van der Waals surface area contributed by atoms with Gasteiger partial charge in [0.1, 0.15) is 12.2 Å². The van der Waals surface area contributed by atoms with Crippen molar-refractivity contribution in [3.63, 3.8) is 0 Å². The zero-order valence-corrected chi connectivity index (χ0v) is 11.4. The average molecular weight is 298 g/mol. The van der Waals surface area contributed by atoms with E-state index in [1.807, 2.05) is 0 Å². The van der Waals surface area contributed by atoms with Gasteiger partial charge in [0.25, 0.3) is 0 Å². The van der Waals surface area contributed by atoms with Gasteiger partial charge in [-0.2, -0.15) is 13.1 Å². The van der Waals surface area contributed by atoms with Crippen LogP contribution in [0.1, 0.15) is 23.2 Å². The summed E-state index contributed by atoms with van der Waals surface area (Å²) in [5, 5.41) is 9.12. The summed E-state index contributed by atoms with van der Waals surface area (Å²) in [7, 11) is -3.67. The Labute approximate surface area is 116 Å². The maximum Gasteiger partial charge on any atom is 0.339 e. The minimum absolute atomic E-state index is 0.00560. The first-order valence-electron chi connectivity index (χ1n) is 6.28.